The first kappa shape index (κ1) is 14.8. The lowest BCUT2D eigenvalue weighted by Gasteiger charge is -2.22. The number of thioether (sulfide) groups is 1. The van der Waals surface area contributed by atoms with Gasteiger partial charge in [0, 0.05) is 17.4 Å². The first-order chi connectivity index (χ1) is 9.00. The predicted octanol–water partition coefficient (Wildman–Crippen LogP) is 1.49. The van der Waals surface area contributed by atoms with Gasteiger partial charge in [-0.25, -0.2) is 13.1 Å². The first-order valence-electron chi connectivity index (χ1n) is 5.99. The molecule has 3 N–H and O–H groups in total. The highest BCUT2D eigenvalue weighted by Crippen LogP contribution is 2.21. The summed E-state index contributed by atoms with van der Waals surface area (Å²) in [4.78, 5) is 0.261. The van der Waals surface area contributed by atoms with Crippen molar-refractivity contribution in [1.29, 1.82) is 0 Å². The standard InChI is InChI=1S/C12H16N2O2S3/c13-12(17)10-5-1-2-6-11(10)19(15,16)14-9-4-3-7-18-8-9/h1-2,5-6,9,14H,3-4,7-8H2,(H2,13,17). The molecule has 0 radical (unpaired) electrons. The van der Waals surface area contributed by atoms with Gasteiger partial charge < -0.3 is 5.73 Å². The quantitative estimate of drug-likeness (QED) is 0.824. The Hall–Kier alpha value is -0.630. The van der Waals surface area contributed by atoms with Gasteiger partial charge in [-0.3, -0.25) is 0 Å². The zero-order valence-electron chi connectivity index (χ0n) is 10.3. The molecule has 0 spiro atoms. The molecule has 1 aromatic rings. The van der Waals surface area contributed by atoms with Crippen molar-refractivity contribution in [3.05, 3.63) is 29.8 Å². The maximum absolute atomic E-state index is 12.4. The summed E-state index contributed by atoms with van der Waals surface area (Å²) >= 11 is 6.68. The highest BCUT2D eigenvalue weighted by atomic mass is 32.2. The minimum atomic E-state index is -3.57. The Kier molecular flexibility index (Phi) is 4.83. The average Bonchev–Trinajstić information content (AvgIpc) is 2.39. The third-order valence-corrected chi connectivity index (χ3v) is 5.94. The number of thiocarbonyl (C=S) groups is 1. The lowest BCUT2D eigenvalue weighted by molar-refractivity contribution is 0.543. The zero-order chi connectivity index (χ0) is 13.9. The van der Waals surface area contributed by atoms with Gasteiger partial charge in [0.2, 0.25) is 10.0 Å². The molecule has 19 heavy (non-hydrogen) atoms. The van der Waals surface area contributed by atoms with E-state index in [4.69, 9.17) is 18.0 Å². The van der Waals surface area contributed by atoms with Gasteiger partial charge in [0.05, 0.1) is 4.90 Å². The van der Waals surface area contributed by atoms with Crippen LogP contribution in [0.1, 0.15) is 18.4 Å². The molecule has 0 amide bonds. The molecule has 1 aliphatic heterocycles. The summed E-state index contributed by atoms with van der Waals surface area (Å²) in [6, 6.07) is 6.55. The van der Waals surface area contributed by atoms with E-state index in [1.54, 1.807) is 30.0 Å². The van der Waals surface area contributed by atoms with Gasteiger partial charge in [-0.05, 0) is 24.7 Å². The Morgan fingerprint density at radius 1 is 1.42 bits per heavy atom. The van der Waals surface area contributed by atoms with Gasteiger partial charge in [0.15, 0.2) is 0 Å². The summed E-state index contributed by atoms with van der Waals surface area (Å²) in [5.74, 6) is 1.91. The van der Waals surface area contributed by atoms with Crippen molar-refractivity contribution in [1.82, 2.24) is 4.72 Å². The molecular formula is C12H16N2O2S3. The van der Waals surface area contributed by atoms with E-state index in [9.17, 15) is 8.42 Å². The second-order valence-corrected chi connectivity index (χ2v) is 7.67. The van der Waals surface area contributed by atoms with Crippen LogP contribution in [0.2, 0.25) is 0 Å². The van der Waals surface area contributed by atoms with Gasteiger partial charge in [-0.2, -0.15) is 11.8 Å². The van der Waals surface area contributed by atoms with Crippen LogP contribution in [-0.2, 0) is 10.0 Å². The second-order valence-electron chi connectivity index (χ2n) is 4.40. The van der Waals surface area contributed by atoms with Gasteiger partial charge in [0.25, 0.3) is 0 Å². The molecule has 1 unspecified atom stereocenters. The molecule has 2 rings (SSSR count). The Bertz CT molecular complexity index is 566. The number of hydrogen-bond donors (Lipinski definition) is 2. The Morgan fingerprint density at radius 2 is 2.16 bits per heavy atom. The normalized spacial score (nSPS) is 20.1. The van der Waals surface area contributed by atoms with Crippen molar-refractivity contribution in [2.24, 2.45) is 5.73 Å². The molecule has 104 valence electrons. The number of sulfonamides is 1. The number of nitrogens with one attached hydrogen (secondary N) is 1. The van der Waals surface area contributed by atoms with Crippen molar-refractivity contribution in [3.63, 3.8) is 0 Å². The van der Waals surface area contributed by atoms with E-state index in [2.05, 4.69) is 4.72 Å². The fourth-order valence-electron chi connectivity index (χ4n) is 2.02. The number of benzene rings is 1. The third kappa shape index (κ3) is 3.68. The maximum Gasteiger partial charge on any atom is 0.241 e. The number of nitrogens with two attached hydrogens (primary N) is 1. The number of hydrogen-bond acceptors (Lipinski definition) is 4. The van der Waals surface area contributed by atoms with Crippen molar-refractivity contribution >= 4 is 39.0 Å². The predicted molar refractivity (Wildman–Crippen MR) is 83.0 cm³/mol. The van der Waals surface area contributed by atoms with E-state index >= 15 is 0 Å². The molecule has 1 aromatic carbocycles. The lowest BCUT2D eigenvalue weighted by Crippen LogP contribution is -2.39. The van der Waals surface area contributed by atoms with E-state index in [0.717, 1.165) is 24.3 Å². The van der Waals surface area contributed by atoms with Crippen LogP contribution in [0.4, 0.5) is 0 Å². The van der Waals surface area contributed by atoms with Crippen LogP contribution in [0.15, 0.2) is 29.2 Å². The van der Waals surface area contributed by atoms with Crippen LogP contribution >= 0.6 is 24.0 Å². The van der Waals surface area contributed by atoms with Crippen LogP contribution in [0.3, 0.4) is 0 Å². The highest BCUT2D eigenvalue weighted by Gasteiger charge is 2.24. The summed E-state index contributed by atoms with van der Waals surface area (Å²) < 4.78 is 27.5. The molecule has 0 bridgehead atoms. The molecule has 7 heteroatoms. The van der Waals surface area contributed by atoms with Gasteiger partial charge in [-0.15, -0.1) is 0 Å². The van der Waals surface area contributed by atoms with E-state index in [1.807, 2.05) is 0 Å². The van der Waals surface area contributed by atoms with Gasteiger partial charge >= 0.3 is 0 Å². The molecule has 4 nitrogen and oxygen atoms in total. The van der Waals surface area contributed by atoms with E-state index < -0.39 is 10.0 Å². The van der Waals surface area contributed by atoms with E-state index in [-0.39, 0.29) is 15.9 Å². The smallest absolute Gasteiger partial charge is 0.241 e. The fourth-order valence-corrected chi connectivity index (χ4v) is 4.93. The van der Waals surface area contributed by atoms with E-state index in [1.165, 1.54) is 6.07 Å². The molecule has 1 aliphatic rings. The SMILES string of the molecule is NC(=S)c1ccccc1S(=O)(=O)NC1CCCSC1. The van der Waals surface area contributed by atoms with Crippen LogP contribution in [0.25, 0.3) is 0 Å². The first-order valence-corrected chi connectivity index (χ1v) is 9.04. The summed E-state index contributed by atoms with van der Waals surface area (Å²) in [6.07, 6.45) is 1.91. The zero-order valence-corrected chi connectivity index (χ0v) is 12.8. The Morgan fingerprint density at radius 3 is 2.79 bits per heavy atom. The minimum absolute atomic E-state index is 0.0110. The summed E-state index contributed by atoms with van der Waals surface area (Å²) in [7, 11) is -3.57. The summed E-state index contributed by atoms with van der Waals surface area (Å²) in [6.45, 7) is 0. The van der Waals surface area contributed by atoms with Crippen LogP contribution in [-0.4, -0.2) is 31.0 Å². The van der Waals surface area contributed by atoms with Crippen LogP contribution < -0.4 is 10.5 Å². The molecule has 0 aliphatic carbocycles. The van der Waals surface area contributed by atoms with Gasteiger partial charge in [0.1, 0.15) is 4.99 Å². The molecule has 1 fully saturated rings. The van der Waals surface area contributed by atoms with Crippen LogP contribution in [0, 0.1) is 0 Å². The Labute approximate surface area is 123 Å². The van der Waals surface area contributed by atoms with Crippen molar-refractivity contribution < 1.29 is 8.42 Å². The highest BCUT2D eigenvalue weighted by molar-refractivity contribution is 7.99. The fraction of sp³-hybridized carbons (Fsp3) is 0.417. The Balaban J connectivity index is 2.26. The topological polar surface area (TPSA) is 72.2 Å². The molecule has 1 heterocycles. The van der Waals surface area contributed by atoms with Gasteiger partial charge in [-0.1, -0.05) is 30.4 Å². The average molecular weight is 316 g/mol. The molecule has 1 saturated heterocycles. The van der Waals surface area contributed by atoms with Crippen LogP contribution in [0.5, 0.6) is 0 Å². The lowest BCUT2D eigenvalue weighted by atomic mass is 10.2. The summed E-state index contributed by atoms with van der Waals surface area (Å²) in [5.41, 5.74) is 5.98. The number of rotatable bonds is 4. The van der Waals surface area contributed by atoms with Crippen molar-refractivity contribution in [2.45, 2.75) is 23.8 Å². The van der Waals surface area contributed by atoms with E-state index in [0.29, 0.717) is 5.56 Å². The third-order valence-electron chi connectivity index (χ3n) is 2.92. The maximum atomic E-state index is 12.4. The molecule has 0 aromatic heterocycles. The second kappa shape index (κ2) is 6.21. The van der Waals surface area contributed by atoms with Crippen molar-refractivity contribution in [2.75, 3.05) is 11.5 Å². The molecule has 1 atom stereocenters. The molecular weight excluding hydrogens is 300 g/mol. The summed E-state index contributed by atoms with van der Waals surface area (Å²) in [5, 5.41) is 0. The largest absolute Gasteiger partial charge is 0.389 e. The van der Waals surface area contributed by atoms with Crippen molar-refractivity contribution in [3.8, 4) is 0 Å². The molecule has 0 saturated carbocycles. The monoisotopic (exact) mass is 316 g/mol. The minimum Gasteiger partial charge on any atom is -0.389 e.